The predicted octanol–water partition coefficient (Wildman–Crippen LogP) is 2.98. The molecule has 2 bridgehead atoms. The van der Waals surface area contributed by atoms with Crippen LogP contribution >= 0.6 is 0 Å². The summed E-state index contributed by atoms with van der Waals surface area (Å²) in [4.78, 5) is 0.398. The van der Waals surface area contributed by atoms with Crippen molar-refractivity contribution in [2.24, 2.45) is 11.8 Å². The standard InChI is InChI=1S/C15H16O2S/c1-11-12-8-9-13(10-12)15(11,2)18(16,17)14-6-4-3-5-7-14/h3-9,12-13H,1,10H2,2H3/t12-,13+,15+/m1/s1. The Labute approximate surface area is 108 Å². The lowest BCUT2D eigenvalue weighted by Crippen LogP contribution is -2.41. The molecule has 2 aliphatic rings. The summed E-state index contributed by atoms with van der Waals surface area (Å²) < 4.78 is 24.9. The van der Waals surface area contributed by atoms with Crippen molar-refractivity contribution >= 4 is 9.84 Å². The lowest BCUT2D eigenvalue weighted by Gasteiger charge is -2.33. The zero-order valence-corrected chi connectivity index (χ0v) is 11.2. The first kappa shape index (κ1) is 11.7. The third-order valence-corrected chi connectivity index (χ3v) is 7.06. The minimum atomic E-state index is -3.37. The summed E-state index contributed by atoms with van der Waals surface area (Å²) in [5, 5.41) is 0. The third-order valence-electron chi connectivity index (χ3n) is 4.49. The third kappa shape index (κ3) is 1.25. The van der Waals surface area contributed by atoms with Gasteiger partial charge in [-0.15, -0.1) is 0 Å². The van der Waals surface area contributed by atoms with Gasteiger partial charge in [-0.05, 0) is 37.0 Å². The zero-order valence-electron chi connectivity index (χ0n) is 10.3. The number of allylic oxidation sites excluding steroid dienone is 2. The Morgan fingerprint density at radius 2 is 1.89 bits per heavy atom. The van der Waals surface area contributed by atoms with E-state index in [1.54, 1.807) is 24.3 Å². The minimum Gasteiger partial charge on any atom is -0.223 e. The second kappa shape index (κ2) is 3.58. The van der Waals surface area contributed by atoms with Gasteiger partial charge >= 0.3 is 0 Å². The Kier molecular flexibility index (Phi) is 2.33. The van der Waals surface area contributed by atoms with Gasteiger partial charge in [0.1, 0.15) is 4.75 Å². The molecular formula is C15H16O2S. The Bertz CT molecular complexity index is 628. The van der Waals surface area contributed by atoms with Gasteiger partial charge < -0.3 is 0 Å². The molecule has 0 spiro atoms. The molecule has 0 amide bonds. The zero-order chi connectivity index (χ0) is 13.0. The van der Waals surface area contributed by atoms with Gasteiger partial charge in [-0.2, -0.15) is 0 Å². The molecule has 94 valence electrons. The van der Waals surface area contributed by atoms with E-state index in [-0.39, 0.29) is 11.8 Å². The fraction of sp³-hybridized carbons (Fsp3) is 0.333. The average Bonchev–Trinajstić information content (AvgIpc) is 2.94. The van der Waals surface area contributed by atoms with Crippen molar-refractivity contribution in [3.8, 4) is 0 Å². The highest BCUT2D eigenvalue weighted by Crippen LogP contribution is 2.54. The SMILES string of the molecule is C=C1[C@@H]2C=C[C@@H](C2)[C@@]1(C)S(=O)(=O)c1ccccc1. The molecule has 2 nitrogen and oxygen atoms in total. The fourth-order valence-electron chi connectivity index (χ4n) is 3.19. The number of fused-ring (bicyclic) bond motifs is 2. The van der Waals surface area contributed by atoms with Crippen molar-refractivity contribution in [3.05, 3.63) is 54.6 Å². The van der Waals surface area contributed by atoms with E-state index in [0.29, 0.717) is 4.90 Å². The highest BCUT2D eigenvalue weighted by atomic mass is 32.2. The second-order valence-electron chi connectivity index (χ2n) is 5.28. The Morgan fingerprint density at radius 3 is 2.44 bits per heavy atom. The number of benzene rings is 1. The molecule has 3 rings (SSSR count). The quantitative estimate of drug-likeness (QED) is 0.766. The monoisotopic (exact) mass is 260 g/mol. The van der Waals surface area contributed by atoms with Gasteiger partial charge in [-0.25, -0.2) is 8.42 Å². The molecule has 0 unspecified atom stereocenters. The number of hydrogen-bond donors (Lipinski definition) is 0. The van der Waals surface area contributed by atoms with Crippen molar-refractivity contribution in [1.29, 1.82) is 0 Å². The second-order valence-corrected chi connectivity index (χ2v) is 7.61. The van der Waals surface area contributed by atoms with E-state index >= 15 is 0 Å². The van der Waals surface area contributed by atoms with Gasteiger partial charge in [-0.3, -0.25) is 0 Å². The molecule has 18 heavy (non-hydrogen) atoms. The van der Waals surface area contributed by atoms with Crippen molar-refractivity contribution < 1.29 is 8.42 Å². The van der Waals surface area contributed by atoms with Crippen LogP contribution < -0.4 is 0 Å². The molecule has 0 aliphatic heterocycles. The van der Waals surface area contributed by atoms with E-state index in [1.165, 1.54) is 0 Å². The number of sulfone groups is 1. The molecule has 2 aliphatic carbocycles. The molecule has 0 radical (unpaired) electrons. The maximum absolute atomic E-state index is 12.9. The van der Waals surface area contributed by atoms with Crippen LogP contribution in [0.2, 0.25) is 0 Å². The van der Waals surface area contributed by atoms with E-state index in [0.717, 1.165) is 12.0 Å². The van der Waals surface area contributed by atoms with Crippen LogP contribution in [0.5, 0.6) is 0 Å². The van der Waals surface area contributed by atoms with E-state index < -0.39 is 14.6 Å². The molecule has 1 aromatic carbocycles. The first-order valence-corrected chi connectivity index (χ1v) is 7.63. The van der Waals surface area contributed by atoms with Gasteiger partial charge in [0, 0.05) is 5.92 Å². The maximum Gasteiger partial charge on any atom is 0.188 e. The fourth-order valence-corrected chi connectivity index (χ4v) is 5.26. The highest BCUT2D eigenvalue weighted by Gasteiger charge is 2.56. The Hall–Kier alpha value is -1.35. The summed E-state index contributed by atoms with van der Waals surface area (Å²) >= 11 is 0. The molecule has 1 aromatic rings. The van der Waals surface area contributed by atoms with Crippen LogP contribution in [0.15, 0.2) is 59.5 Å². The smallest absolute Gasteiger partial charge is 0.188 e. The summed E-state index contributed by atoms with van der Waals surface area (Å²) in [7, 11) is -3.37. The highest BCUT2D eigenvalue weighted by molar-refractivity contribution is 7.93. The first-order chi connectivity index (χ1) is 8.48. The normalized spacial score (nSPS) is 34.2. The van der Waals surface area contributed by atoms with E-state index in [1.807, 2.05) is 19.1 Å². The first-order valence-electron chi connectivity index (χ1n) is 6.15. The largest absolute Gasteiger partial charge is 0.223 e. The molecule has 0 aromatic heterocycles. The van der Waals surface area contributed by atoms with Crippen molar-refractivity contribution in [2.75, 3.05) is 0 Å². The van der Waals surface area contributed by atoms with Gasteiger partial charge in [0.15, 0.2) is 9.84 Å². The van der Waals surface area contributed by atoms with Crippen molar-refractivity contribution in [2.45, 2.75) is 23.0 Å². The molecular weight excluding hydrogens is 244 g/mol. The van der Waals surface area contributed by atoms with Gasteiger partial charge in [0.25, 0.3) is 0 Å². The lowest BCUT2D eigenvalue weighted by atomic mass is 9.90. The number of hydrogen-bond acceptors (Lipinski definition) is 2. The summed E-state index contributed by atoms with van der Waals surface area (Å²) in [5.41, 5.74) is 0.846. The van der Waals surface area contributed by atoms with Gasteiger partial charge in [0.2, 0.25) is 0 Å². The van der Waals surface area contributed by atoms with Crippen LogP contribution in [-0.2, 0) is 9.84 Å². The summed E-state index contributed by atoms with van der Waals surface area (Å²) in [6, 6.07) is 8.70. The molecule has 3 heteroatoms. The Morgan fingerprint density at radius 1 is 1.22 bits per heavy atom. The summed E-state index contributed by atoms with van der Waals surface area (Å²) in [5.74, 6) is 0.304. The topological polar surface area (TPSA) is 34.1 Å². The summed E-state index contributed by atoms with van der Waals surface area (Å²) in [6.07, 6.45) is 5.02. The molecule has 1 saturated carbocycles. The van der Waals surface area contributed by atoms with E-state index in [9.17, 15) is 8.42 Å². The van der Waals surface area contributed by atoms with Crippen molar-refractivity contribution in [3.63, 3.8) is 0 Å². The average molecular weight is 260 g/mol. The molecule has 0 N–H and O–H groups in total. The van der Waals surface area contributed by atoms with Crippen molar-refractivity contribution in [1.82, 2.24) is 0 Å². The maximum atomic E-state index is 12.9. The summed E-state index contributed by atoms with van der Waals surface area (Å²) in [6.45, 7) is 5.88. The minimum absolute atomic E-state index is 0.0696. The van der Waals surface area contributed by atoms with Gasteiger partial charge in [0.05, 0.1) is 4.90 Å². The Balaban J connectivity index is 2.16. The van der Waals surface area contributed by atoms with Crippen LogP contribution in [0.1, 0.15) is 13.3 Å². The van der Waals surface area contributed by atoms with E-state index in [2.05, 4.69) is 12.7 Å². The van der Waals surface area contributed by atoms with Crippen LogP contribution in [0.3, 0.4) is 0 Å². The molecule has 0 heterocycles. The van der Waals surface area contributed by atoms with Crippen LogP contribution in [0.4, 0.5) is 0 Å². The number of rotatable bonds is 2. The lowest BCUT2D eigenvalue weighted by molar-refractivity contribution is 0.517. The molecule has 0 saturated heterocycles. The van der Waals surface area contributed by atoms with Crippen LogP contribution in [0, 0.1) is 11.8 Å². The van der Waals surface area contributed by atoms with Crippen LogP contribution in [0.25, 0.3) is 0 Å². The van der Waals surface area contributed by atoms with Gasteiger partial charge in [-0.1, -0.05) is 36.9 Å². The van der Waals surface area contributed by atoms with E-state index in [4.69, 9.17) is 0 Å². The molecule has 1 fully saturated rings. The molecule has 3 atom stereocenters. The van der Waals surface area contributed by atoms with Crippen LogP contribution in [-0.4, -0.2) is 13.2 Å². The predicted molar refractivity (Wildman–Crippen MR) is 71.9 cm³/mol.